The van der Waals surface area contributed by atoms with Gasteiger partial charge < -0.3 is 14.8 Å². The highest BCUT2D eigenvalue weighted by Crippen LogP contribution is 2.37. The van der Waals surface area contributed by atoms with Gasteiger partial charge in [-0.25, -0.2) is 9.67 Å². The lowest BCUT2D eigenvalue weighted by atomic mass is 10.1. The van der Waals surface area contributed by atoms with E-state index < -0.39 is 0 Å². The van der Waals surface area contributed by atoms with E-state index in [1.807, 2.05) is 47.3 Å². The van der Waals surface area contributed by atoms with Crippen molar-refractivity contribution in [3.63, 3.8) is 0 Å². The van der Waals surface area contributed by atoms with E-state index in [0.717, 1.165) is 46.2 Å². The number of methoxy groups -OCH3 is 2. The molecule has 2 aromatic carbocycles. The number of pyridine rings is 1. The van der Waals surface area contributed by atoms with Crippen molar-refractivity contribution in [3.05, 3.63) is 47.6 Å². The zero-order valence-corrected chi connectivity index (χ0v) is 17.7. The van der Waals surface area contributed by atoms with Crippen molar-refractivity contribution < 1.29 is 9.47 Å². The Hall–Kier alpha value is -2.99. The van der Waals surface area contributed by atoms with Crippen molar-refractivity contribution in [3.8, 4) is 17.2 Å². The highest BCUT2D eigenvalue weighted by molar-refractivity contribution is 6.30. The quantitative estimate of drug-likeness (QED) is 0.453. The van der Waals surface area contributed by atoms with Crippen LogP contribution in [0.1, 0.15) is 25.7 Å². The van der Waals surface area contributed by atoms with Crippen molar-refractivity contribution in [1.82, 2.24) is 14.8 Å². The number of benzene rings is 2. The number of hydrogen-bond acceptors (Lipinski definition) is 5. The lowest BCUT2D eigenvalue weighted by Gasteiger charge is -2.15. The number of fused-ring (bicyclic) bond motifs is 3. The number of anilines is 1. The van der Waals surface area contributed by atoms with Crippen LogP contribution in [0.25, 0.3) is 27.5 Å². The molecule has 1 N–H and O–H groups in total. The second-order valence-electron chi connectivity index (χ2n) is 7.63. The van der Waals surface area contributed by atoms with Gasteiger partial charge >= 0.3 is 0 Å². The summed E-state index contributed by atoms with van der Waals surface area (Å²) >= 11 is 6.21. The highest BCUT2D eigenvalue weighted by atomic mass is 35.5. The molecule has 2 aromatic heterocycles. The predicted octanol–water partition coefficient (Wildman–Crippen LogP) is 5.60. The number of hydrogen-bond donors (Lipinski definition) is 1. The van der Waals surface area contributed by atoms with Crippen molar-refractivity contribution >= 4 is 39.2 Å². The smallest absolute Gasteiger partial charge is 0.162 e. The molecule has 6 nitrogen and oxygen atoms in total. The van der Waals surface area contributed by atoms with Crippen LogP contribution in [0.2, 0.25) is 5.02 Å². The fraction of sp³-hybridized carbons (Fsp3) is 0.304. The Bertz CT molecular complexity index is 1230. The van der Waals surface area contributed by atoms with Gasteiger partial charge in [0, 0.05) is 28.7 Å². The van der Waals surface area contributed by atoms with Gasteiger partial charge in [0.1, 0.15) is 11.3 Å². The molecule has 0 unspecified atom stereocenters. The highest BCUT2D eigenvalue weighted by Gasteiger charge is 2.20. The van der Waals surface area contributed by atoms with Crippen LogP contribution in [0.15, 0.2) is 42.6 Å². The first-order valence-electron chi connectivity index (χ1n) is 10.1. The monoisotopic (exact) mass is 422 g/mol. The first-order chi connectivity index (χ1) is 14.7. The van der Waals surface area contributed by atoms with Gasteiger partial charge in [-0.05, 0) is 37.1 Å². The minimum atomic E-state index is 0.438. The SMILES string of the molecule is COc1cc2nc(NC3CCCC3)c3cn(-c4cccc(Cl)c4)nc3c2cc1OC. The first-order valence-corrected chi connectivity index (χ1v) is 10.5. The minimum absolute atomic E-state index is 0.438. The molecule has 154 valence electrons. The van der Waals surface area contributed by atoms with Crippen LogP contribution in [0, 0.1) is 0 Å². The second-order valence-corrected chi connectivity index (χ2v) is 8.06. The molecule has 0 saturated heterocycles. The summed E-state index contributed by atoms with van der Waals surface area (Å²) in [5.74, 6) is 2.16. The Morgan fingerprint density at radius 2 is 1.80 bits per heavy atom. The van der Waals surface area contributed by atoms with Crippen LogP contribution in [0.5, 0.6) is 11.5 Å². The van der Waals surface area contributed by atoms with Gasteiger partial charge in [0.2, 0.25) is 0 Å². The van der Waals surface area contributed by atoms with Gasteiger partial charge in [0.05, 0.1) is 30.8 Å². The summed E-state index contributed by atoms with van der Waals surface area (Å²) in [5, 5.41) is 11.1. The van der Waals surface area contributed by atoms with E-state index in [1.54, 1.807) is 14.2 Å². The molecule has 1 aliphatic rings. The molecule has 5 rings (SSSR count). The maximum absolute atomic E-state index is 6.21. The third kappa shape index (κ3) is 3.31. The molecule has 0 bridgehead atoms. The standard InChI is InChI=1S/C23H23ClN4O2/c1-29-20-11-17-19(12-21(20)30-2)26-23(25-15-7-3-4-8-15)18-13-28(27-22(17)18)16-9-5-6-14(24)10-16/h5-6,9-13,15H,3-4,7-8H2,1-2H3,(H,25,26). The first kappa shape index (κ1) is 19.0. The summed E-state index contributed by atoms with van der Waals surface area (Å²) in [5.41, 5.74) is 2.58. The average molecular weight is 423 g/mol. The summed E-state index contributed by atoms with van der Waals surface area (Å²) in [7, 11) is 3.27. The van der Waals surface area contributed by atoms with Crippen molar-refractivity contribution in [2.75, 3.05) is 19.5 Å². The zero-order valence-electron chi connectivity index (χ0n) is 17.0. The van der Waals surface area contributed by atoms with E-state index in [9.17, 15) is 0 Å². The summed E-state index contributed by atoms with van der Waals surface area (Å²) in [6, 6.07) is 12.0. The molecule has 0 atom stereocenters. The number of nitrogens with zero attached hydrogens (tertiary/aromatic N) is 3. The Balaban J connectivity index is 1.75. The third-order valence-corrected chi connectivity index (χ3v) is 5.96. The number of rotatable bonds is 5. The van der Waals surface area contributed by atoms with E-state index >= 15 is 0 Å². The van der Waals surface area contributed by atoms with Crippen molar-refractivity contribution in [1.29, 1.82) is 0 Å². The molecule has 0 spiro atoms. The number of ether oxygens (including phenoxy) is 2. The molecule has 30 heavy (non-hydrogen) atoms. The van der Waals surface area contributed by atoms with Gasteiger partial charge in [-0.1, -0.05) is 30.5 Å². The van der Waals surface area contributed by atoms with Crippen LogP contribution >= 0.6 is 11.6 Å². The Morgan fingerprint density at radius 3 is 2.53 bits per heavy atom. The van der Waals surface area contributed by atoms with Crippen LogP contribution in [-0.4, -0.2) is 35.0 Å². The summed E-state index contributed by atoms with van der Waals surface area (Å²) in [6.07, 6.45) is 6.84. The molecular weight excluding hydrogens is 400 g/mol. The second kappa shape index (κ2) is 7.69. The van der Waals surface area contributed by atoms with Gasteiger partial charge in [-0.15, -0.1) is 0 Å². The van der Waals surface area contributed by atoms with Gasteiger partial charge in [-0.2, -0.15) is 5.10 Å². The Morgan fingerprint density at radius 1 is 1.03 bits per heavy atom. The maximum Gasteiger partial charge on any atom is 0.162 e. The van der Waals surface area contributed by atoms with Crippen molar-refractivity contribution in [2.45, 2.75) is 31.7 Å². The molecule has 1 fully saturated rings. The van der Waals surface area contributed by atoms with E-state index in [2.05, 4.69) is 5.32 Å². The van der Waals surface area contributed by atoms with E-state index in [0.29, 0.717) is 22.6 Å². The zero-order chi connectivity index (χ0) is 20.7. The molecule has 0 aliphatic heterocycles. The number of aromatic nitrogens is 3. The van der Waals surface area contributed by atoms with Crippen LogP contribution in [0.3, 0.4) is 0 Å². The van der Waals surface area contributed by atoms with E-state index in [1.165, 1.54) is 12.8 Å². The van der Waals surface area contributed by atoms with Crippen molar-refractivity contribution in [2.24, 2.45) is 0 Å². The Kier molecular flexibility index (Phi) is 4.87. The molecule has 1 aliphatic carbocycles. The summed E-state index contributed by atoms with van der Waals surface area (Å²) in [4.78, 5) is 4.95. The number of nitrogens with one attached hydrogen (secondary N) is 1. The molecule has 4 aromatic rings. The van der Waals surface area contributed by atoms with E-state index in [4.69, 9.17) is 31.2 Å². The van der Waals surface area contributed by atoms with Crippen LogP contribution < -0.4 is 14.8 Å². The molecule has 0 radical (unpaired) electrons. The van der Waals surface area contributed by atoms with Gasteiger partial charge in [-0.3, -0.25) is 0 Å². The molecule has 0 amide bonds. The van der Waals surface area contributed by atoms with Crippen LogP contribution in [0.4, 0.5) is 5.82 Å². The minimum Gasteiger partial charge on any atom is -0.493 e. The van der Waals surface area contributed by atoms with Gasteiger partial charge in [0.25, 0.3) is 0 Å². The Labute approximate surface area is 179 Å². The topological polar surface area (TPSA) is 61.2 Å². The molecule has 7 heteroatoms. The molecule has 2 heterocycles. The summed E-state index contributed by atoms with van der Waals surface area (Å²) in [6.45, 7) is 0. The fourth-order valence-electron chi connectivity index (χ4n) is 4.20. The fourth-order valence-corrected chi connectivity index (χ4v) is 4.39. The lowest BCUT2D eigenvalue weighted by Crippen LogP contribution is -2.15. The molecular formula is C23H23ClN4O2. The molecule has 1 saturated carbocycles. The van der Waals surface area contributed by atoms with Crippen LogP contribution in [-0.2, 0) is 0 Å². The third-order valence-electron chi connectivity index (χ3n) is 5.73. The number of halogens is 1. The largest absolute Gasteiger partial charge is 0.493 e. The predicted molar refractivity (Wildman–Crippen MR) is 120 cm³/mol. The van der Waals surface area contributed by atoms with E-state index in [-0.39, 0.29) is 0 Å². The maximum atomic E-state index is 6.21. The average Bonchev–Trinajstić information content (AvgIpc) is 3.43. The normalized spacial score (nSPS) is 14.5. The summed E-state index contributed by atoms with van der Waals surface area (Å²) < 4.78 is 12.9. The lowest BCUT2D eigenvalue weighted by molar-refractivity contribution is 0.356. The van der Waals surface area contributed by atoms with Gasteiger partial charge in [0.15, 0.2) is 11.5 Å².